The van der Waals surface area contributed by atoms with Crippen molar-refractivity contribution in [1.82, 2.24) is 10.6 Å². The summed E-state index contributed by atoms with van der Waals surface area (Å²) in [7, 11) is 0. The van der Waals surface area contributed by atoms with Gasteiger partial charge in [-0.1, -0.05) is 115 Å². The van der Waals surface area contributed by atoms with E-state index in [1.54, 1.807) is 11.8 Å². The van der Waals surface area contributed by atoms with Gasteiger partial charge in [-0.25, -0.2) is 0 Å². The first-order chi connectivity index (χ1) is 16.7. The summed E-state index contributed by atoms with van der Waals surface area (Å²) >= 11 is 1.76. The minimum atomic E-state index is -0.133. The lowest BCUT2D eigenvalue weighted by Crippen LogP contribution is -2.42. The van der Waals surface area contributed by atoms with Gasteiger partial charge in [0.15, 0.2) is 0 Å². The number of thioether (sulfide) groups is 1. The molecule has 1 unspecified atom stereocenters. The molecule has 1 fully saturated rings. The van der Waals surface area contributed by atoms with Crippen LogP contribution in [-0.2, 0) is 4.79 Å². The number of carbonyl (C=O) groups is 1. The molecule has 34 heavy (non-hydrogen) atoms. The van der Waals surface area contributed by atoms with E-state index in [9.17, 15) is 4.79 Å². The van der Waals surface area contributed by atoms with Crippen LogP contribution in [-0.4, -0.2) is 24.2 Å². The first kappa shape index (κ1) is 28.7. The molecule has 0 bridgehead atoms. The zero-order chi connectivity index (χ0) is 24.3. The number of nitrogens with one attached hydrogen (secondary N) is 2. The number of nitriles is 1. The Balaban J connectivity index is 1.36. The van der Waals surface area contributed by atoms with Crippen molar-refractivity contribution in [3.8, 4) is 6.07 Å². The first-order valence-electron chi connectivity index (χ1n) is 13.9. The molecule has 0 spiro atoms. The molecular formula is C29H47N3OS. The average Bonchev–Trinajstić information content (AvgIpc) is 3.36. The van der Waals surface area contributed by atoms with Crippen LogP contribution in [0.1, 0.15) is 126 Å². The molecular weight excluding hydrogens is 438 g/mol. The van der Waals surface area contributed by atoms with E-state index in [4.69, 9.17) is 5.26 Å². The van der Waals surface area contributed by atoms with E-state index in [0.29, 0.717) is 5.56 Å². The number of rotatable bonds is 19. The van der Waals surface area contributed by atoms with Gasteiger partial charge in [0.1, 0.15) is 0 Å². The van der Waals surface area contributed by atoms with Crippen LogP contribution in [0.15, 0.2) is 24.3 Å². The molecule has 5 heteroatoms. The Labute approximate surface area is 213 Å². The van der Waals surface area contributed by atoms with Gasteiger partial charge >= 0.3 is 0 Å². The van der Waals surface area contributed by atoms with Gasteiger partial charge in [-0.15, -0.1) is 11.8 Å². The third-order valence-corrected chi connectivity index (χ3v) is 8.04. The van der Waals surface area contributed by atoms with E-state index in [-0.39, 0.29) is 17.3 Å². The second-order valence-electron chi connectivity index (χ2n) is 9.76. The highest BCUT2D eigenvalue weighted by atomic mass is 32.2. The number of carbonyl (C=O) groups excluding carboxylic acids is 1. The van der Waals surface area contributed by atoms with Gasteiger partial charge in [-0.2, -0.15) is 5.26 Å². The second kappa shape index (κ2) is 18.8. The molecule has 0 radical (unpaired) electrons. The predicted molar refractivity (Wildman–Crippen MR) is 146 cm³/mol. The molecule has 4 nitrogen and oxygen atoms in total. The van der Waals surface area contributed by atoms with E-state index in [2.05, 4.69) is 23.6 Å². The first-order valence-corrected chi connectivity index (χ1v) is 14.9. The van der Waals surface area contributed by atoms with E-state index >= 15 is 0 Å². The highest BCUT2D eigenvalue weighted by Crippen LogP contribution is 2.32. The maximum Gasteiger partial charge on any atom is 0.238 e. The number of benzene rings is 1. The zero-order valence-electron chi connectivity index (χ0n) is 21.5. The summed E-state index contributed by atoms with van der Waals surface area (Å²) in [6.07, 6.45) is 21.8. The molecule has 0 aromatic heterocycles. The summed E-state index contributed by atoms with van der Waals surface area (Å²) in [6, 6.07) is 9.63. The summed E-state index contributed by atoms with van der Waals surface area (Å²) in [5.41, 5.74) is 1.79. The second-order valence-corrected chi connectivity index (χ2v) is 10.9. The summed E-state index contributed by atoms with van der Waals surface area (Å²) in [5.74, 6) is 0.903. The third kappa shape index (κ3) is 12.3. The maximum absolute atomic E-state index is 12.5. The fraction of sp³-hybridized carbons (Fsp3) is 0.724. The molecule has 1 aromatic rings. The molecule has 2 atom stereocenters. The maximum atomic E-state index is 12.5. The van der Waals surface area contributed by atoms with Crippen molar-refractivity contribution in [2.24, 2.45) is 0 Å². The lowest BCUT2D eigenvalue weighted by Gasteiger charge is -2.14. The quantitative estimate of drug-likeness (QED) is 0.198. The lowest BCUT2D eigenvalue weighted by atomic mass is 10.0. The number of hydrogen-bond donors (Lipinski definition) is 2. The molecule has 1 aliphatic rings. The van der Waals surface area contributed by atoms with Crippen molar-refractivity contribution >= 4 is 17.7 Å². The average molecular weight is 486 g/mol. The summed E-state index contributed by atoms with van der Waals surface area (Å²) in [6.45, 7) is 3.06. The minimum Gasteiger partial charge on any atom is -0.355 e. The van der Waals surface area contributed by atoms with E-state index < -0.39 is 0 Å². The summed E-state index contributed by atoms with van der Waals surface area (Å²) in [4.78, 5) is 12.5. The van der Waals surface area contributed by atoms with Gasteiger partial charge < -0.3 is 5.32 Å². The van der Waals surface area contributed by atoms with Gasteiger partial charge in [0.25, 0.3) is 0 Å². The fourth-order valence-electron chi connectivity index (χ4n) is 4.56. The Hall–Kier alpha value is -1.51. The van der Waals surface area contributed by atoms with Gasteiger partial charge in [-0.3, -0.25) is 10.1 Å². The molecule has 190 valence electrons. The minimum absolute atomic E-state index is 0.115. The van der Waals surface area contributed by atoms with Crippen LogP contribution < -0.4 is 10.6 Å². The molecule has 1 aliphatic heterocycles. The van der Waals surface area contributed by atoms with Crippen molar-refractivity contribution in [2.45, 2.75) is 121 Å². The van der Waals surface area contributed by atoms with Crippen LogP contribution in [0.4, 0.5) is 0 Å². The third-order valence-electron chi connectivity index (χ3n) is 6.77. The van der Waals surface area contributed by atoms with Crippen molar-refractivity contribution in [2.75, 3.05) is 12.3 Å². The lowest BCUT2D eigenvalue weighted by molar-refractivity contribution is -0.122. The van der Waals surface area contributed by atoms with Gasteiger partial charge in [0.05, 0.1) is 23.0 Å². The highest BCUT2D eigenvalue weighted by molar-refractivity contribution is 7.99. The highest BCUT2D eigenvalue weighted by Gasteiger charge is 2.30. The van der Waals surface area contributed by atoms with Crippen LogP contribution >= 0.6 is 11.8 Å². The van der Waals surface area contributed by atoms with Crippen LogP contribution in [0.25, 0.3) is 0 Å². The Kier molecular flexibility index (Phi) is 15.9. The van der Waals surface area contributed by atoms with Crippen molar-refractivity contribution < 1.29 is 4.79 Å². The smallest absolute Gasteiger partial charge is 0.238 e. The van der Waals surface area contributed by atoms with Crippen molar-refractivity contribution in [3.05, 3.63) is 35.4 Å². The molecule has 2 N–H and O–H groups in total. The topological polar surface area (TPSA) is 64.9 Å². The standard InChI is InChI=1S/C29H47N3OS/c1-2-3-4-5-6-7-8-9-10-11-12-13-14-15-16-17-22-31-28(33)27-24-34-29(32-27)26-20-18-25(23-30)19-21-26/h18-21,27,29,32H,2-17,22,24H2,1H3,(H,31,33)/t27-,29?/m1/s1. The number of hydrogen-bond acceptors (Lipinski definition) is 4. The zero-order valence-corrected chi connectivity index (χ0v) is 22.3. The normalized spacial score (nSPS) is 17.5. The number of unbranched alkanes of at least 4 members (excludes halogenated alkanes) is 15. The Morgan fingerprint density at radius 1 is 0.882 bits per heavy atom. The van der Waals surface area contributed by atoms with Crippen LogP contribution in [0.3, 0.4) is 0 Å². The van der Waals surface area contributed by atoms with Gasteiger partial charge in [-0.05, 0) is 24.1 Å². The Morgan fingerprint density at radius 3 is 1.88 bits per heavy atom. The van der Waals surface area contributed by atoms with Crippen LogP contribution in [0, 0.1) is 11.3 Å². The molecule has 2 rings (SSSR count). The Bertz CT molecular complexity index is 700. The Morgan fingerprint density at radius 2 is 1.38 bits per heavy atom. The summed E-state index contributed by atoms with van der Waals surface area (Å²) < 4.78 is 0. The van der Waals surface area contributed by atoms with Crippen LogP contribution in [0.2, 0.25) is 0 Å². The van der Waals surface area contributed by atoms with E-state index in [1.165, 1.54) is 96.3 Å². The largest absolute Gasteiger partial charge is 0.355 e. The van der Waals surface area contributed by atoms with Gasteiger partial charge in [0, 0.05) is 12.3 Å². The SMILES string of the molecule is CCCCCCCCCCCCCCCCCCNC(=O)[C@H]1CSC(c2ccc(C#N)cc2)N1. The molecule has 1 heterocycles. The molecule has 0 saturated carbocycles. The number of amides is 1. The van der Waals surface area contributed by atoms with E-state index in [1.807, 2.05) is 24.3 Å². The molecule has 0 aliphatic carbocycles. The monoisotopic (exact) mass is 485 g/mol. The fourth-order valence-corrected chi connectivity index (χ4v) is 5.80. The van der Waals surface area contributed by atoms with Crippen LogP contribution in [0.5, 0.6) is 0 Å². The van der Waals surface area contributed by atoms with Crippen molar-refractivity contribution in [3.63, 3.8) is 0 Å². The predicted octanol–water partition coefficient (Wildman–Crippen LogP) is 7.64. The number of nitrogens with zero attached hydrogens (tertiary/aromatic N) is 1. The summed E-state index contributed by atoms with van der Waals surface area (Å²) in [5, 5.41) is 15.6. The van der Waals surface area contributed by atoms with Crippen molar-refractivity contribution in [1.29, 1.82) is 5.26 Å². The molecule has 1 amide bonds. The molecule has 1 aromatic carbocycles. The van der Waals surface area contributed by atoms with Gasteiger partial charge in [0.2, 0.25) is 5.91 Å². The van der Waals surface area contributed by atoms with E-state index in [0.717, 1.165) is 24.3 Å². The molecule has 1 saturated heterocycles.